The second-order valence-electron chi connectivity index (χ2n) is 6.26. The summed E-state index contributed by atoms with van der Waals surface area (Å²) in [6, 6.07) is 0.912. The predicted molar refractivity (Wildman–Crippen MR) is 76.0 cm³/mol. The van der Waals surface area contributed by atoms with Gasteiger partial charge in [-0.25, -0.2) is 9.97 Å². The van der Waals surface area contributed by atoms with Crippen molar-refractivity contribution in [3.8, 4) is 0 Å². The fourth-order valence-corrected chi connectivity index (χ4v) is 3.75. The van der Waals surface area contributed by atoms with E-state index in [1.54, 1.807) is 4.90 Å². The first-order valence-corrected chi connectivity index (χ1v) is 7.46. The van der Waals surface area contributed by atoms with Gasteiger partial charge in [0, 0.05) is 25.6 Å². The maximum atomic E-state index is 12.8. The van der Waals surface area contributed by atoms with E-state index in [4.69, 9.17) is 11.6 Å². The molecule has 0 amide bonds. The maximum Gasteiger partial charge on any atom is 0.433 e. The highest BCUT2D eigenvalue weighted by Gasteiger charge is 2.66. The van der Waals surface area contributed by atoms with Crippen molar-refractivity contribution >= 4 is 23.4 Å². The van der Waals surface area contributed by atoms with E-state index in [1.165, 1.54) is 7.11 Å². The van der Waals surface area contributed by atoms with E-state index in [1.807, 2.05) is 6.92 Å². The van der Waals surface area contributed by atoms with Crippen molar-refractivity contribution < 1.29 is 22.7 Å². The molecule has 9 heteroatoms. The van der Waals surface area contributed by atoms with Gasteiger partial charge in [0.15, 0.2) is 5.69 Å². The lowest BCUT2D eigenvalue weighted by atomic mass is 10.1. The molecule has 1 saturated heterocycles. The van der Waals surface area contributed by atoms with Crippen LogP contribution < -0.4 is 4.90 Å². The molecular weight excluding hydrogens is 335 g/mol. The van der Waals surface area contributed by atoms with Crippen molar-refractivity contribution in [3.05, 3.63) is 17.0 Å². The minimum atomic E-state index is -4.57. The van der Waals surface area contributed by atoms with Gasteiger partial charge < -0.3 is 9.64 Å². The number of carbonyl (C=O) groups is 1. The highest BCUT2D eigenvalue weighted by molar-refractivity contribution is 6.28. The molecule has 0 N–H and O–H groups in total. The summed E-state index contributed by atoms with van der Waals surface area (Å²) in [6.45, 7) is 3.10. The molecule has 1 aliphatic heterocycles. The van der Waals surface area contributed by atoms with Crippen LogP contribution in [0, 0.1) is 17.3 Å². The molecule has 3 atom stereocenters. The van der Waals surface area contributed by atoms with Crippen molar-refractivity contribution in [1.82, 2.24) is 9.97 Å². The summed E-state index contributed by atoms with van der Waals surface area (Å²) in [4.78, 5) is 20.3. The van der Waals surface area contributed by atoms with Gasteiger partial charge >= 0.3 is 12.1 Å². The van der Waals surface area contributed by atoms with Crippen molar-refractivity contribution in [1.29, 1.82) is 0 Å². The number of esters is 1. The molecule has 0 spiro atoms. The van der Waals surface area contributed by atoms with E-state index in [2.05, 4.69) is 14.7 Å². The first-order chi connectivity index (χ1) is 10.6. The molecule has 1 aromatic rings. The van der Waals surface area contributed by atoms with Crippen LogP contribution >= 0.6 is 11.6 Å². The first-order valence-electron chi connectivity index (χ1n) is 7.08. The van der Waals surface area contributed by atoms with Gasteiger partial charge in [-0.05, 0) is 28.9 Å². The van der Waals surface area contributed by atoms with Gasteiger partial charge in [0.1, 0.15) is 5.82 Å². The molecule has 0 radical (unpaired) electrons. The van der Waals surface area contributed by atoms with Crippen LogP contribution in [0.2, 0.25) is 5.28 Å². The normalized spacial score (nSPS) is 29.4. The zero-order valence-corrected chi connectivity index (χ0v) is 13.3. The number of nitrogens with zero attached hydrogens (tertiary/aromatic N) is 3. The molecule has 2 fully saturated rings. The van der Waals surface area contributed by atoms with Gasteiger partial charge in [0.2, 0.25) is 5.28 Å². The van der Waals surface area contributed by atoms with Crippen LogP contribution in [0.25, 0.3) is 0 Å². The summed E-state index contributed by atoms with van der Waals surface area (Å²) in [5, 5.41) is -0.424. The Morgan fingerprint density at radius 1 is 1.52 bits per heavy atom. The number of hydrogen-bond donors (Lipinski definition) is 0. The number of alkyl halides is 3. The second kappa shape index (κ2) is 5.22. The fraction of sp³-hybridized carbons (Fsp3) is 0.643. The summed E-state index contributed by atoms with van der Waals surface area (Å²) >= 11 is 5.62. The van der Waals surface area contributed by atoms with Crippen LogP contribution in [0.4, 0.5) is 19.0 Å². The molecule has 2 aliphatic rings. The number of rotatable bonds is 3. The Hall–Kier alpha value is -1.57. The standard InChI is InChI=1S/C14H15ClF3N3O2/c1-13-6-21(5-8(13)7(13)3-11(22)23-2)10-4-9(14(16,17)18)19-12(15)20-10/h4,7-8H,3,5-6H2,1-2H3. The third-order valence-corrected chi connectivity index (χ3v) is 5.10. The number of methoxy groups -OCH3 is 1. The number of halogens is 4. The van der Waals surface area contributed by atoms with Gasteiger partial charge in [0.25, 0.3) is 0 Å². The summed E-state index contributed by atoms with van der Waals surface area (Å²) in [7, 11) is 1.34. The molecule has 126 valence electrons. The Labute approximate surface area is 135 Å². The second-order valence-corrected chi connectivity index (χ2v) is 6.60. The van der Waals surface area contributed by atoms with Crippen LogP contribution in [-0.2, 0) is 15.7 Å². The fourth-order valence-electron chi connectivity index (χ4n) is 3.57. The summed E-state index contributed by atoms with van der Waals surface area (Å²) in [6.07, 6.45) is -4.23. The Kier molecular flexibility index (Phi) is 3.70. The quantitative estimate of drug-likeness (QED) is 0.620. The van der Waals surface area contributed by atoms with Crippen LogP contribution in [0.15, 0.2) is 6.07 Å². The Balaban J connectivity index is 1.75. The zero-order chi connectivity index (χ0) is 17.0. The van der Waals surface area contributed by atoms with Gasteiger partial charge in [-0.3, -0.25) is 4.79 Å². The number of ether oxygens (including phenoxy) is 1. The van der Waals surface area contributed by atoms with Crippen LogP contribution in [0.3, 0.4) is 0 Å². The van der Waals surface area contributed by atoms with Gasteiger partial charge in [-0.2, -0.15) is 13.2 Å². The van der Waals surface area contributed by atoms with Gasteiger partial charge in [-0.15, -0.1) is 0 Å². The SMILES string of the molecule is COC(=O)CC1C2CN(c3cc(C(F)(F)F)nc(Cl)n3)CC12C. The number of anilines is 1. The summed E-state index contributed by atoms with van der Waals surface area (Å²) < 4.78 is 43.1. The van der Waals surface area contributed by atoms with Crippen LogP contribution in [0.5, 0.6) is 0 Å². The molecule has 5 nitrogen and oxygen atoms in total. The monoisotopic (exact) mass is 349 g/mol. The minimum absolute atomic E-state index is 0.107. The Morgan fingerprint density at radius 3 is 2.74 bits per heavy atom. The largest absolute Gasteiger partial charge is 0.469 e. The number of fused-ring (bicyclic) bond motifs is 1. The predicted octanol–water partition coefficient (Wildman–Crippen LogP) is 2.78. The molecular formula is C14H15ClF3N3O2. The Morgan fingerprint density at radius 2 is 2.22 bits per heavy atom. The van der Waals surface area contributed by atoms with E-state index in [0.29, 0.717) is 19.5 Å². The van der Waals surface area contributed by atoms with Crippen LogP contribution in [-0.4, -0.2) is 36.1 Å². The van der Waals surface area contributed by atoms with Crippen molar-refractivity contribution in [2.75, 3.05) is 25.1 Å². The third-order valence-electron chi connectivity index (χ3n) is 4.93. The third kappa shape index (κ3) is 2.84. The highest BCUT2D eigenvalue weighted by Crippen LogP contribution is 2.64. The number of aromatic nitrogens is 2. The van der Waals surface area contributed by atoms with Crippen LogP contribution in [0.1, 0.15) is 19.0 Å². The lowest BCUT2D eigenvalue weighted by Crippen LogP contribution is -2.28. The molecule has 3 rings (SSSR count). The summed E-state index contributed by atoms with van der Waals surface area (Å²) in [5.74, 6) is 0.347. The van der Waals surface area contributed by atoms with Gasteiger partial charge in [-0.1, -0.05) is 6.92 Å². The molecule has 1 aromatic heterocycles. The van der Waals surface area contributed by atoms with E-state index < -0.39 is 17.2 Å². The smallest absolute Gasteiger partial charge is 0.433 e. The summed E-state index contributed by atoms with van der Waals surface area (Å²) in [5.41, 5.74) is -1.16. The Bertz CT molecular complexity index is 655. The number of piperidine rings is 1. The molecule has 1 aliphatic carbocycles. The molecule has 0 bridgehead atoms. The van der Waals surface area contributed by atoms with E-state index in [-0.39, 0.29) is 29.0 Å². The van der Waals surface area contributed by atoms with Crippen molar-refractivity contribution in [3.63, 3.8) is 0 Å². The molecule has 23 heavy (non-hydrogen) atoms. The zero-order valence-electron chi connectivity index (χ0n) is 12.5. The molecule has 3 unspecified atom stereocenters. The highest BCUT2D eigenvalue weighted by atomic mass is 35.5. The lowest BCUT2D eigenvalue weighted by Gasteiger charge is -2.23. The molecule has 1 saturated carbocycles. The van der Waals surface area contributed by atoms with E-state index in [9.17, 15) is 18.0 Å². The molecule has 2 heterocycles. The average molecular weight is 350 g/mol. The maximum absolute atomic E-state index is 12.8. The number of carbonyl (C=O) groups excluding carboxylic acids is 1. The topological polar surface area (TPSA) is 55.3 Å². The first kappa shape index (κ1) is 16.3. The molecule has 0 aromatic carbocycles. The lowest BCUT2D eigenvalue weighted by molar-refractivity contribution is -0.142. The average Bonchev–Trinajstić information content (AvgIpc) is 2.82. The van der Waals surface area contributed by atoms with Crippen molar-refractivity contribution in [2.24, 2.45) is 17.3 Å². The van der Waals surface area contributed by atoms with Gasteiger partial charge in [0.05, 0.1) is 7.11 Å². The van der Waals surface area contributed by atoms with Crippen molar-refractivity contribution in [2.45, 2.75) is 19.5 Å². The van der Waals surface area contributed by atoms with E-state index >= 15 is 0 Å². The van der Waals surface area contributed by atoms with E-state index in [0.717, 1.165) is 6.07 Å². The minimum Gasteiger partial charge on any atom is -0.469 e. The number of hydrogen-bond acceptors (Lipinski definition) is 5.